The van der Waals surface area contributed by atoms with E-state index in [4.69, 9.17) is 16.3 Å². The molecule has 0 bridgehead atoms. The van der Waals surface area contributed by atoms with E-state index in [2.05, 4.69) is 0 Å². The summed E-state index contributed by atoms with van der Waals surface area (Å²) in [5.74, 6) is 1.15. The van der Waals surface area contributed by atoms with Gasteiger partial charge in [-0.3, -0.25) is 4.79 Å². The van der Waals surface area contributed by atoms with Gasteiger partial charge in [0.1, 0.15) is 5.75 Å². The van der Waals surface area contributed by atoms with E-state index in [1.165, 1.54) is 12.8 Å². The minimum Gasteiger partial charge on any atom is -0.496 e. The van der Waals surface area contributed by atoms with Crippen molar-refractivity contribution in [2.45, 2.75) is 38.6 Å². The van der Waals surface area contributed by atoms with E-state index in [1.807, 2.05) is 30.0 Å². The zero-order valence-electron chi connectivity index (χ0n) is 12.2. The van der Waals surface area contributed by atoms with Gasteiger partial charge in [-0.2, -0.15) is 0 Å². The first kappa shape index (κ1) is 15.2. The average Bonchev–Trinajstić information content (AvgIpc) is 2.98. The van der Waals surface area contributed by atoms with Crippen LogP contribution in [0.15, 0.2) is 18.2 Å². The Bertz CT molecular complexity index is 470. The van der Waals surface area contributed by atoms with Crippen LogP contribution < -0.4 is 4.74 Å². The van der Waals surface area contributed by atoms with Crippen LogP contribution in [-0.4, -0.2) is 36.4 Å². The molecule has 110 valence electrons. The van der Waals surface area contributed by atoms with Gasteiger partial charge in [0.2, 0.25) is 0 Å². The number of ether oxygens (including phenoxy) is 1. The summed E-state index contributed by atoms with van der Waals surface area (Å²) in [6.45, 7) is 2.58. The minimum atomic E-state index is 0.0399. The van der Waals surface area contributed by atoms with Gasteiger partial charge in [0, 0.05) is 18.5 Å². The topological polar surface area (TPSA) is 29.5 Å². The van der Waals surface area contributed by atoms with Crippen molar-refractivity contribution >= 4 is 17.5 Å². The fourth-order valence-corrected chi connectivity index (χ4v) is 3.08. The number of hydrogen-bond donors (Lipinski definition) is 0. The Kier molecular flexibility index (Phi) is 5.30. The minimum absolute atomic E-state index is 0.0399. The molecule has 20 heavy (non-hydrogen) atoms. The van der Waals surface area contributed by atoms with Crippen LogP contribution in [0.5, 0.6) is 5.75 Å². The van der Waals surface area contributed by atoms with Crippen molar-refractivity contribution in [3.63, 3.8) is 0 Å². The molecule has 0 aromatic heterocycles. The van der Waals surface area contributed by atoms with Crippen LogP contribution in [-0.2, 0) is 0 Å². The first-order valence-electron chi connectivity index (χ1n) is 7.19. The number of methoxy groups -OCH3 is 1. The molecule has 3 nitrogen and oxygen atoms in total. The molecule has 1 aliphatic carbocycles. The second kappa shape index (κ2) is 6.98. The molecular formula is C16H22ClNO2. The number of aryl methyl sites for hydroxylation is 1. The Labute approximate surface area is 125 Å². The first-order valence-corrected chi connectivity index (χ1v) is 7.72. The molecule has 0 unspecified atom stereocenters. The molecule has 0 spiro atoms. The molecule has 1 aromatic rings. The van der Waals surface area contributed by atoms with E-state index >= 15 is 0 Å². The quantitative estimate of drug-likeness (QED) is 0.776. The highest BCUT2D eigenvalue weighted by Gasteiger charge is 2.28. The van der Waals surface area contributed by atoms with Crippen LogP contribution in [0.3, 0.4) is 0 Å². The summed E-state index contributed by atoms with van der Waals surface area (Å²) in [7, 11) is 1.60. The molecule has 0 heterocycles. The van der Waals surface area contributed by atoms with Crippen molar-refractivity contribution in [3.8, 4) is 5.75 Å². The van der Waals surface area contributed by atoms with E-state index in [0.717, 1.165) is 18.4 Å². The van der Waals surface area contributed by atoms with Crippen LogP contribution in [0.2, 0.25) is 0 Å². The van der Waals surface area contributed by atoms with Crippen molar-refractivity contribution in [1.82, 2.24) is 4.90 Å². The molecule has 2 rings (SSSR count). The highest BCUT2D eigenvalue weighted by atomic mass is 35.5. The normalized spacial score (nSPS) is 15.3. The Morgan fingerprint density at radius 2 is 2.10 bits per heavy atom. The van der Waals surface area contributed by atoms with Crippen molar-refractivity contribution in [2.24, 2.45) is 0 Å². The maximum absolute atomic E-state index is 12.8. The summed E-state index contributed by atoms with van der Waals surface area (Å²) in [6, 6.07) is 6.04. The molecule has 1 amide bonds. The van der Waals surface area contributed by atoms with Crippen LogP contribution in [0, 0.1) is 6.92 Å². The third-order valence-electron chi connectivity index (χ3n) is 3.94. The van der Waals surface area contributed by atoms with Gasteiger partial charge in [-0.15, -0.1) is 11.6 Å². The largest absolute Gasteiger partial charge is 0.496 e. The van der Waals surface area contributed by atoms with Crippen LogP contribution in [0.25, 0.3) is 0 Å². The second-order valence-corrected chi connectivity index (χ2v) is 5.71. The highest BCUT2D eigenvalue weighted by molar-refractivity contribution is 6.18. The molecule has 0 aliphatic heterocycles. The lowest BCUT2D eigenvalue weighted by molar-refractivity contribution is 0.0691. The lowest BCUT2D eigenvalue weighted by Gasteiger charge is -2.29. The van der Waals surface area contributed by atoms with E-state index in [9.17, 15) is 4.79 Å². The van der Waals surface area contributed by atoms with E-state index in [0.29, 0.717) is 29.8 Å². The number of halogens is 1. The zero-order chi connectivity index (χ0) is 14.5. The Hall–Kier alpha value is -1.22. The summed E-state index contributed by atoms with van der Waals surface area (Å²) in [6.07, 6.45) is 4.55. The highest BCUT2D eigenvalue weighted by Crippen LogP contribution is 2.28. The Morgan fingerprint density at radius 3 is 2.70 bits per heavy atom. The Morgan fingerprint density at radius 1 is 1.40 bits per heavy atom. The average molecular weight is 296 g/mol. The fourth-order valence-electron chi connectivity index (χ4n) is 2.90. The number of rotatable bonds is 5. The molecule has 4 heteroatoms. The standard InChI is InChI=1S/C16H22ClNO2/c1-12-7-8-15(20-2)14(11-12)16(19)18(10-9-17)13-5-3-4-6-13/h7-8,11,13H,3-6,9-10H2,1-2H3. The fraction of sp³-hybridized carbons (Fsp3) is 0.562. The Balaban J connectivity index is 2.28. The number of alkyl halides is 1. The molecular weight excluding hydrogens is 274 g/mol. The number of carbonyl (C=O) groups is 1. The van der Waals surface area contributed by atoms with Gasteiger partial charge in [0.05, 0.1) is 12.7 Å². The third kappa shape index (κ3) is 3.26. The van der Waals surface area contributed by atoms with Gasteiger partial charge < -0.3 is 9.64 Å². The molecule has 1 fully saturated rings. The molecule has 1 saturated carbocycles. The SMILES string of the molecule is COc1ccc(C)cc1C(=O)N(CCCl)C1CCCC1. The smallest absolute Gasteiger partial charge is 0.257 e. The predicted octanol–water partition coefficient (Wildman–Crippen LogP) is 3.63. The summed E-state index contributed by atoms with van der Waals surface area (Å²) in [5, 5.41) is 0. The summed E-state index contributed by atoms with van der Waals surface area (Å²) in [4.78, 5) is 14.8. The maximum Gasteiger partial charge on any atom is 0.257 e. The van der Waals surface area contributed by atoms with Gasteiger partial charge in [0.25, 0.3) is 5.91 Å². The molecule has 0 saturated heterocycles. The maximum atomic E-state index is 12.8. The number of amides is 1. The molecule has 1 aromatic carbocycles. The van der Waals surface area contributed by atoms with Crippen molar-refractivity contribution in [3.05, 3.63) is 29.3 Å². The lowest BCUT2D eigenvalue weighted by atomic mass is 10.1. The van der Waals surface area contributed by atoms with E-state index in [-0.39, 0.29) is 5.91 Å². The van der Waals surface area contributed by atoms with Crippen molar-refractivity contribution in [1.29, 1.82) is 0 Å². The summed E-state index contributed by atoms with van der Waals surface area (Å²) >= 11 is 5.89. The second-order valence-electron chi connectivity index (χ2n) is 5.33. The summed E-state index contributed by atoms with van der Waals surface area (Å²) in [5.41, 5.74) is 1.70. The van der Waals surface area contributed by atoms with Crippen molar-refractivity contribution in [2.75, 3.05) is 19.5 Å². The summed E-state index contributed by atoms with van der Waals surface area (Å²) < 4.78 is 5.33. The number of benzene rings is 1. The number of carbonyl (C=O) groups excluding carboxylic acids is 1. The van der Waals surface area contributed by atoms with Crippen molar-refractivity contribution < 1.29 is 9.53 Å². The van der Waals surface area contributed by atoms with Gasteiger partial charge in [0.15, 0.2) is 0 Å². The molecule has 0 atom stereocenters. The van der Waals surface area contributed by atoms with Crippen LogP contribution in [0.4, 0.5) is 0 Å². The first-order chi connectivity index (χ1) is 9.67. The van der Waals surface area contributed by atoms with Crippen LogP contribution in [0.1, 0.15) is 41.6 Å². The van der Waals surface area contributed by atoms with E-state index in [1.54, 1.807) is 7.11 Å². The number of hydrogen-bond acceptors (Lipinski definition) is 2. The third-order valence-corrected chi connectivity index (χ3v) is 4.11. The van der Waals surface area contributed by atoms with E-state index < -0.39 is 0 Å². The monoisotopic (exact) mass is 295 g/mol. The lowest BCUT2D eigenvalue weighted by Crippen LogP contribution is -2.40. The van der Waals surface area contributed by atoms with Crippen LogP contribution >= 0.6 is 11.6 Å². The van der Waals surface area contributed by atoms with Gasteiger partial charge in [-0.05, 0) is 31.9 Å². The predicted molar refractivity (Wildman–Crippen MR) is 81.7 cm³/mol. The van der Waals surface area contributed by atoms with Gasteiger partial charge in [-0.1, -0.05) is 24.5 Å². The molecule has 0 radical (unpaired) electrons. The van der Waals surface area contributed by atoms with Gasteiger partial charge in [-0.25, -0.2) is 0 Å². The molecule has 1 aliphatic rings. The zero-order valence-corrected chi connectivity index (χ0v) is 12.9. The number of nitrogens with zero attached hydrogens (tertiary/aromatic N) is 1. The van der Waals surface area contributed by atoms with Gasteiger partial charge >= 0.3 is 0 Å². The molecule has 0 N–H and O–H groups in total.